The molecule has 0 amide bonds. The standard InChI is InChI=1S/C6H10BrNO2/c1-5(2,7)6(10,3-8)4-9/h9-10H,4H2,1-2H3/t6-/m1/s1. The Hall–Kier alpha value is -0.110. The summed E-state index contributed by atoms with van der Waals surface area (Å²) in [6.45, 7) is 2.67. The van der Waals surface area contributed by atoms with Crippen LogP contribution in [0, 0.1) is 11.3 Å². The number of rotatable bonds is 2. The number of hydrogen-bond acceptors (Lipinski definition) is 3. The molecule has 0 fully saturated rings. The van der Waals surface area contributed by atoms with Crippen molar-refractivity contribution < 1.29 is 10.2 Å². The summed E-state index contributed by atoms with van der Waals surface area (Å²) in [5.41, 5.74) is -1.70. The second kappa shape index (κ2) is 2.87. The first kappa shape index (κ1) is 9.89. The number of aliphatic hydroxyl groups is 2. The van der Waals surface area contributed by atoms with Crippen molar-refractivity contribution in [2.24, 2.45) is 0 Å². The lowest BCUT2D eigenvalue weighted by Crippen LogP contribution is -2.47. The lowest BCUT2D eigenvalue weighted by molar-refractivity contribution is 0.0124. The van der Waals surface area contributed by atoms with E-state index >= 15 is 0 Å². The fourth-order valence-corrected chi connectivity index (χ4v) is 0.570. The van der Waals surface area contributed by atoms with Crippen LogP contribution in [0.5, 0.6) is 0 Å². The van der Waals surface area contributed by atoms with E-state index in [9.17, 15) is 5.11 Å². The van der Waals surface area contributed by atoms with Gasteiger partial charge in [0.2, 0.25) is 0 Å². The minimum Gasteiger partial charge on any atom is -0.392 e. The van der Waals surface area contributed by atoms with Crippen LogP contribution in [0.15, 0.2) is 0 Å². The maximum atomic E-state index is 9.31. The molecule has 0 aliphatic carbocycles. The first-order valence-electron chi connectivity index (χ1n) is 2.81. The molecule has 0 aliphatic heterocycles. The summed E-state index contributed by atoms with van der Waals surface area (Å²) in [4.78, 5) is 0. The molecule has 0 heterocycles. The van der Waals surface area contributed by atoms with E-state index < -0.39 is 16.5 Å². The van der Waals surface area contributed by atoms with E-state index in [1.165, 1.54) is 0 Å². The van der Waals surface area contributed by atoms with Gasteiger partial charge in [0.05, 0.1) is 10.9 Å². The van der Waals surface area contributed by atoms with Gasteiger partial charge in [-0.25, -0.2) is 0 Å². The fourth-order valence-electron chi connectivity index (χ4n) is 0.356. The zero-order chi connectivity index (χ0) is 8.41. The molecule has 0 aliphatic rings. The molecule has 0 saturated heterocycles. The topological polar surface area (TPSA) is 64.2 Å². The predicted molar refractivity (Wildman–Crippen MR) is 40.7 cm³/mol. The zero-order valence-electron chi connectivity index (χ0n) is 5.93. The zero-order valence-corrected chi connectivity index (χ0v) is 7.51. The molecule has 0 aromatic heterocycles. The Morgan fingerprint density at radius 1 is 1.60 bits per heavy atom. The van der Waals surface area contributed by atoms with E-state index in [4.69, 9.17) is 10.4 Å². The van der Waals surface area contributed by atoms with Crippen LogP contribution in [0.4, 0.5) is 0 Å². The molecule has 0 spiro atoms. The molecule has 58 valence electrons. The highest BCUT2D eigenvalue weighted by atomic mass is 79.9. The average molecular weight is 208 g/mol. The predicted octanol–water partition coefficient (Wildman–Crippen LogP) is 0.407. The fraction of sp³-hybridized carbons (Fsp3) is 0.833. The average Bonchev–Trinajstić information content (AvgIpc) is 1.84. The van der Waals surface area contributed by atoms with Crippen molar-refractivity contribution in [2.75, 3.05) is 6.61 Å². The van der Waals surface area contributed by atoms with E-state index in [2.05, 4.69) is 15.9 Å². The van der Waals surface area contributed by atoms with Gasteiger partial charge in [-0.15, -0.1) is 0 Å². The molecule has 0 unspecified atom stereocenters. The summed E-state index contributed by atoms with van der Waals surface area (Å²) < 4.78 is -0.788. The number of aliphatic hydroxyl groups excluding tert-OH is 1. The Labute approximate surface area is 68.4 Å². The molecule has 2 N–H and O–H groups in total. The largest absolute Gasteiger partial charge is 0.392 e. The van der Waals surface area contributed by atoms with E-state index in [-0.39, 0.29) is 0 Å². The highest BCUT2D eigenvalue weighted by Crippen LogP contribution is 2.29. The third-order valence-electron chi connectivity index (χ3n) is 1.40. The third kappa shape index (κ3) is 1.69. The van der Waals surface area contributed by atoms with Gasteiger partial charge in [-0.05, 0) is 13.8 Å². The van der Waals surface area contributed by atoms with Gasteiger partial charge in [0.1, 0.15) is 6.07 Å². The van der Waals surface area contributed by atoms with Gasteiger partial charge >= 0.3 is 0 Å². The van der Waals surface area contributed by atoms with Crippen molar-refractivity contribution >= 4 is 15.9 Å². The van der Waals surface area contributed by atoms with Gasteiger partial charge in [-0.1, -0.05) is 15.9 Å². The van der Waals surface area contributed by atoms with Crippen molar-refractivity contribution in [1.82, 2.24) is 0 Å². The molecule has 10 heavy (non-hydrogen) atoms. The number of alkyl halides is 1. The minimum atomic E-state index is -1.70. The second-order valence-corrected chi connectivity index (χ2v) is 4.59. The normalized spacial score (nSPS) is 17.6. The van der Waals surface area contributed by atoms with Crippen molar-refractivity contribution in [3.05, 3.63) is 0 Å². The maximum absolute atomic E-state index is 9.31. The molecular weight excluding hydrogens is 198 g/mol. The second-order valence-electron chi connectivity index (χ2n) is 2.60. The Bertz CT molecular complexity index is 158. The van der Waals surface area contributed by atoms with Crippen LogP contribution in [-0.2, 0) is 0 Å². The van der Waals surface area contributed by atoms with Gasteiger partial charge in [-0.3, -0.25) is 0 Å². The molecular formula is C6H10BrNO2. The molecule has 0 aromatic rings. The van der Waals surface area contributed by atoms with E-state index in [0.29, 0.717) is 0 Å². The molecule has 0 rings (SSSR count). The van der Waals surface area contributed by atoms with Crippen LogP contribution in [0.25, 0.3) is 0 Å². The molecule has 0 aromatic carbocycles. The van der Waals surface area contributed by atoms with Gasteiger partial charge in [0.15, 0.2) is 5.60 Å². The summed E-state index contributed by atoms with van der Waals surface area (Å²) in [6, 6.07) is 1.63. The van der Waals surface area contributed by atoms with E-state index in [1.54, 1.807) is 19.9 Å². The first-order valence-corrected chi connectivity index (χ1v) is 3.60. The van der Waals surface area contributed by atoms with E-state index in [0.717, 1.165) is 0 Å². The lowest BCUT2D eigenvalue weighted by atomic mass is 9.93. The summed E-state index contributed by atoms with van der Waals surface area (Å²) in [5, 5.41) is 26.4. The molecule has 4 heteroatoms. The molecule has 3 nitrogen and oxygen atoms in total. The minimum absolute atomic E-state index is 0.568. The number of nitriles is 1. The maximum Gasteiger partial charge on any atom is 0.188 e. The summed E-state index contributed by atoms with van der Waals surface area (Å²) in [6.07, 6.45) is 0. The molecule has 0 saturated carbocycles. The van der Waals surface area contributed by atoms with Crippen LogP contribution < -0.4 is 0 Å². The van der Waals surface area contributed by atoms with Gasteiger partial charge in [-0.2, -0.15) is 5.26 Å². The molecule has 0 bridgehead atoms. The highest BCUT2D eigenvalue weighted by Gasteiger charge is 2.41. The van der Waals surface area contributed by atoms with Gasteiger partial charge < -0.3 is 10.2 Å². The van der Waals surface area contributed by atoms with E-state index in [1.807, 2.05) is 0 Å². The van der Waals surface area contributed by atoms with Crippen LogP contribution in [0.3, 0.4) is 0 Å². The van der Waals surface area contributed by atoms with Crippen LogP contribution in [0.2, 0.25) is 0 Å². The van der Waals surface area contributed by atoms with Crippen molar-refractivity contribution in [1.29, 1.82) is 5.26 Å². The van der Waals surface area contributed by atoms with Crippen LogP contribution in [-0.4, -0.2) is 26.7 Å². The summed E-state index contributed by atoms with van der Waals surface area (Å²) in [7, 11) is 0. The summed E-state index contributed by atoms with van der Waals surface area (Å²) in [5.74, 6) is 0. The number of nitrogens with zero attached hydrogens (tertiary/aromatic N) is 1. The third-order valence-corrected chi connectivity index (χ3v) is 2.05. The Kier molecular flexibility index (Phi) is 2.84. The molecule has 1 atom stereocenters. The van der Waals surface area contributed by atoms with Crippen LogP contribution >= 0.6 is 15.9 Å². The Balaban J connectivity index is 4.54. The number of hydrogen-bond donors (Lipinski definition) is 2. The quantitative estimate of drug-likeness (QED) is 0.510. The Morgan fingerprint density at radius 3 is 2.00 bits per heavy atom. The Morgan fingerprint density at radius 2 is 2.00 bits per heavy atom. The highest BCUT2D eigenvalue weighted by molar-refractivity contribution is 9.10. The SMILES string of the molecule is CC(C)(Br)[C@@](O)(C#N)CO. The lowest BCUT2D eigenvalue weighted by Gasteiger charge is -2.29. The summed E-state index contributed by atoms with van der Waals surface area (Å²) >= 11 is 3.09. The van der Waals surface area contributed by atoms with Crippen molar-refractivity contribution in [3.63, 3.8) is 0 Å². The smallest absolute Gasteiger partial charge is 0.188 e. The first-order chi connectivity index (χ1) is 4.37. The monoisotopic (exact) mass is 207 g/mol. The number of halogens is 1. The van der Waals surface area contributed by atoms with Gasteiger partial charge in [0.25, 0.3) is 0 Å². The molecule has 0 radical (unpaired) electrons. The van der Waals surface area contributed by atoms with Crippen LogP contribution in [0.1, 0.15) is 13.8 Å². The van der Waals surface area contributed by atoms with Crippen molar-refractivity contribution in [2.45, 2.75) is 23.8 Å². The van der Waals surface area contributed by atoms with Crippen molar-refractivity contribution in [3.8, 4) is 6.07 Å². The van der Waals surface area contributed by atoms with Gasteiger partial charge in [0, 0.05) is 0 Å².